The Kier molecular flexibility index (Phi) is 4.09. The number of halogens is 1. The van der Waals surface area contributed by atoms with Gasteiger partial charge < -0.3 is 10.3 Å². The Labute approximate surface area is 137 Å². The summed E-state index contributed by atoms with van der Waals surface area (Å²) < 4.78 is 2.42. The molecule has 110 valence electrons. The third kappa shape index (κ3) is 3.10. The Hall–Kier alpha value is -2.37. The first-order valence-corrected chi connectivity index (χ1v) is 7.35. The van der Waals surface area contributed by atoms with E-state index in [0.29, 0.717) is 21.0 Å². The van der Waals surface area contributed by atoms with Crippen molar-refractivity contribution in [1.82, 2.24) is 9.55 Å². The Morgan fingerprint density at radius 3 is 2.73 bits per heavy atom. The highest BCUT2D eigenvalue weighted by atomic mass is 35.5. The van der Waals surface area contributed by atoms with Crippen molar-refractivity contribution in [3.05, 3.63) is 76.3 Å². The fraction of sp³-hybridized carbons (Fsp3) is 0. The van der Waals surface area contributed by atoms with Crippen LogP contribution in [-0.2, 0) is 0 Å². The molecule has 0 saturated heterocycles. The van der Waals surface area contributed by atoms with Gasteiger partial charge in [0.1, 0.15) is 0 Å². The zero-order valence-corrected chi connectivity index (χ0v) is 13.0. The lowest BCUT2D eigenvalue weighted by Gasteiger charge is -2.08. The van der Waals surface area contributed by atoms with Crippen LogP contribution in [0.3, 0.4) is 0 Å². The van der Waals surface area contributed by atoms with Crippen LogP contribution in [0.1, 0.15) is 10.4 Å². The summed E-state index contributed by atoms with van der Waals surface area (Å²) in [7, 11) is 0. The van der Waals surface area contributed by atoms with E-state index >= 15 is 0 Å². The summed E-state index contributed by atoms with van der Waals surface area (Å²) in [6.45, 7) is 0. The summed E-state index contributed by atoms with van der Waals surface area (Å²) in [6, 6.07) is 14.3. The lowest BCUT2D eigenvalue weighted by Crippen LogP contribution is -2.12. The number of nitrogens with one attached hydrogen (secondary N) is 2. The highest BCUT2D eigenvalue weighted by Crippen LogP contribution is 2.17. The number of hydrogen-bond donors (Lipinski definition) is 2. The average molecular weight is 330 g/mol. The molecule has 0 saturated carbocycles. The van der Waals surface area contributed by atoms with Crippen molar-refractivity contribution >= 4 is 35.4 Å². The van der Waals surface area contributed by atoms with Crippen LogP contribution in [0.25, 0.3) is 5.69 Å². The molecule has 0 unspecified atom stereocenters. The molecule has 6 heteroatoms. The molecule has 2 N–H and O–H groups in total. The van der Waals surface area contributed by atoms with Gasteiger partial charge in [-0.3, -0.25) is 9.36 Å². The summed E-state index contributed by atoms with van der Waals surface area (Å²) in [4.78, 5) is 15.2. The molecule has 1 heterocycles. The van der Waals surface area contributed by atoms with E-state index in [0.717, 1.165) is 5.69 Å². The van der Waals surface area contributed by atoms with Crippen molar-refractivity contribution < 1.29 is 4.79 Å². The number of amides is 1. The molecule has 1 amide bonds. The topological polar surface area (TPSA) is 49.8 Å². The monoisotopic (exact) mass is 329 g/mol. The van der Waals surface area contributed by atoms with Crippen LogP contribution < -0.4 is 5.32 Å². The number of carbonyl (C=O) groups is 1. The maximum atomic E-state index is 12.2. The second-order valence-electron chi connectivity index (χ2n) is 4.65. The van der Waals surface area contributed by atoms with Gasteiger partial charge in [0.2, 0.25) is 0 Å². The maximum absolute atomic E-state index is 12.2. The van der Waals surface area contributed by atoms with Crippen LogP contribution >= 0.6 is 23.8 Å². The van der Waals surface area contributed by atoms with Gasteiger partial charge in [-0.15, -0.1) is 0 Å². The van der Waals surface area contributed by atoms with Crippen LogP contribution in [0.5, 0.6) is 0 Å². The molecule has 1 aromatic heterocycles. The zero-order valence-electron chi connectivity index (χ0n) is 11.4. The first-order chi connectivity index (χ1) is 10.6. The fourth-order valence-electron chi connectivity index (χ4n) is 2.09. The summed E-state index contributed by atoms with van der Waals surface area (Å²) in [5.41, 5.74) is 2.07. The average Bonchev–Trinajstić information content (AvgIpc) is 2.94. The number of rotatable bonds is 3. The Balaban J connectivity index is 1.86. The molecule has 0 fully saturated rings. The van der Waals surface area contributed by atoms with E-state index in [4.69, 9.17) is 23.8 Å². The number of anilines is 1. The molecule has 3 aromatic rings. The van der Waals surface area contributed by atoms with Gasteiger partial charge in [0.05, 0.1) is 0 Å². The number of benzene rings is 2. The molecule has 0 aliphatic heterocycles. The number of aromatic nitrogens is 2. The second kappa shape index (κ2) is 6.17. The number of hydrogen-bond acceptors (Lipinski definition) is 2. The van der Waals surface area contributed by atoms with Crippen molar-refractivity contribution in [2.45, 2.75) is 0 Å². The van der Waals surface area contributed by atoms with Crippen LogP contribution in [0.15, 0.2) is 60.9 Å². The van der Waals surface area contributed by atoms with Crippen molar-refractivity contribution in [2.24, 2.45) is 0 Å². The molecule has 0 atom stereocenters. The van der Waals surface area contributed by atoms with Crippen LogP contribution in [0, 0.1) is 4.77 Å². The minimum absolute atomic E-state index is 0.211. The molecular weight excluding hydrogens is 318 g/mol. The van der Waals surface area contributed by atoms with E-state index in [2.05, 4.69) is 10.3 Å². The highest BCUT2D eigenvalue weighted by molar-refractivity contribution is 7.71. The van der Waals surface area contributed by atoms with E-state index in [9.17, 15) is 4.79 Å². The molecule has 4 nitrogen and oxygen atoms in total. The number of H-pyrrole nitrogens is 1. The second-order valence-corrected chi connectivity index (χ2v) is 5.47. The number of aromatic amines is 1. The quantitative estimate of drug-likeness (QED) is 0.698. The predicted octanol–water partition coefficient (Wildman–Crippen LogP) is 4.44. The molecule has 0 radical (unpaired) electrons. The van der Waals surface area contributed by atoms with Crippen molar-refractivity contribution in [3.63, 3.8) is 0 Å². The van der Waals surface area contributed by atoms with Crippen molar-refractivity contribution in [2.75, 3.05) is 5.32 Å². The predicted molar refractivity (Wildman–Crippen MR) is 90.4 cm³/mol. The van der Waals surface area contributed by atoms with E-state index in [1.54, 1.807) is 30.5 Å². The Morgan fingerprint density at radius 2 is 2.00 bits per heavy atom. The van der Waals surface area contributed by atoms with E-state index in [-0.39, 0.29) is 5.91 Å². The van der Waals surface area contributed by atoms with Gasteiger partial charge in [-0.25, -0.2) is 0 Å². The van der Waals surface area contributed by atoms with Gasteiger partial charge in [-0.2, -0.15) is 0 Å². The van der Waals surface area contributed by atoms with Gasteiger partial charge >= 0.3 is 0 Å². The standard InChI is InChI=1S/C16H12ClN3OS/c17-12-4-1-3-11(9-12)15(21)19-13-5-2-6-14(10-13)20-8-7-18-16(20)22/h1-10H,(H,18,22)(H,19,21). The van der Waals surface area contributed by atoms with Gasteiger partial charge in [0, 0.05) is 34.4 Å². The fourth-order valence-corrected chi connectivity index (χ4v) is 2.51. The first-order valence-electron chi connectivity index (χ1n) is 6.57. The highest BCUT2D eigenvalue weighted by Gasteiger charge is 2.07. The lowest BCUT2D eigenvalue weighted by atomic mass is 10.2. The summed E-state index contributed by atoms with van der Waals surface area (Å²) in [5, 5.41) is 3.38. The van der Waals surface area contributed by atoms with Crippen LogP contribution in [0.2, 0.25) is 5.02 Å². The SMILES string of the molecule is O=C(Nc1cccc(-n2cc[nH]c2=S)c1)c1cccc(Cl)c1. The van der Waals surface area contributed by atoms with E-state index in [1.165, 1.54) is 0 Å². The minimum Gasteiger partial charge on any atom is -0.337 e. The summed E-state index contributed by atoms with van der Waals surface area (Å²) in [6.07, 6.45) is 3.60. The number of imidazole rings is 1. The van der Waals surface area contributed by atoms with Gasteiger partial charge in [-0.1, -0.05) is 23.7 Å². The summed E-state index contributed by atoms with van der Waals surface area (Å²) in [5.74, 6) is -0.211. The molecule has 2 aromatic carbocycles. The maximum Gasteiger partial charge on any atom is 0.255 e. The lowest BCUT2D eigenvalue weighted by molar-refractivity contribution is 0.102. The molecular formula is C16H12ClN3OS. The Morgan fingerprint density at radius 1 is 1.18 bits per heavy atom. The molecule has 0 aliphatic rings. The zero-order chi connectivity index (χ0) is 15.5. The Bertz CT molecular complexity index is 885. The van der Waals surface area contributed by atoms with Gasteiger partial charge in [0.25, 0.3) is 5.91 Å². The smallest absolute Gasteiger partial charge is 0.255 e. The molecule has 0 bridgehead atoms. The molecule has 22 heavy (non-hydrogen) atoms. The minimum atomic E-state index is -0.211. The van der Waals surface area contributed by atoms with Crippen LogP contribution in [-0.4, -0.2) is 15.5 Å². The molecule has 3 rings (SSSR count). The van der Waals surface area contributed by atoms with Gasteiger partial charge in [0.15, 0.2) is 4.77 Å². The molecule has 0 aliphatic carbocycles. The van der Waals surface area contributed by atoms with Crippen molar-refractivity contribution in [1.29, 1.82) is 0 Å². The van der Waals surface area contributed by atoms with E-state index in [1.807, 2.05) is 35.0 Å². The number of nitrogens with zero attached hydrogens (tertiary/aromatic N) is 1. The third-order valence-electron chi connectivity index (χ3n) is 3.12. The normalized spacial score (nSPS) is 10.4. The molecule has 0 spiro atoms. The van der Waals surface area contributed by atoms with Crippen molar-refractivity contribution in [3.8, 4) is 5.69 Å². The van der Waals surface area contributed by atoms with E-state index < -0.39 is 0 Å². The number of carbonyl (C=O) groups excluding carboxylic acids is 1. The first kappa shape index (κ1) is 14.6. The third-order valence-corrected chi connectivity index (χ3v) is 3.67. The van der Waals surface area contributed by atoms with Gasteiger partial charge in [-0.05, 0) is 48.6 Å². The van der Waals surface area contributed by atoms with Crippen LogP contribution in [0.4, 0.5) is 5.69 Å². The largest absolute Gasteiger partial charge is 0.337 e. The summed E-state index contributed by atoms with van der Waals surface area (Å²) >= 11 is 11.1.